The summed E-state index contributed by atoms with van der Waals surface area (Å²) in [4.78, 5) is 4.86. The standard InChI is InChI=1S/C15H28N2S/c1-10(2)16-12(15(6,7)8)13-17-11(9-18-13)14(3,4)5/h9-10,12,16H,1-8H3. The van der Waals surface area contributed by atoms with Crippen LogP contribution in [0.2, 0.25) is 0 Å². The number of hydrogen-bond donors (Lipinski definition) is 1. The van der Waals surface area contributed by atoms with Gasteiger partial charge in [0, 0.05) is 16.8 Å². The van der Waals surface area contributed by atoms with Gasteiger partial charge in [0.2, 0.25) is 0 Å². The Hall–Kier alpha value is -0.410. The van der Waals surface area contributed by atoms with Crippen molar-refractivity contribution in [2.45, 2.75) is 72.9 Å². The lowest BCUT2D eigenvalue weighted by Crippen LogP contribution is -2.36. The molecule has 1 atom stereocenters. The van der Waals surface area contributed by atoms with Gasteiger partial charge in [0.05, 0.1) is 11.7 Å². The highest BCUT2D eigenvalue weighted by molar-refractivity contribution is 7.09. The second-order valence-electron chi connectivity index (χ2n) is 7.44. The number of nitrogens with zero attached hydrogens (tertiary/aromatic N) is 1. The van der Waals surface area contributed by atoms with Gasteiger partial charge in [-0.05, 0) is 5.41 Å². The molecule has 1 rings (SSSR count). The van der Waals surface area contributed by atoms with E-state index in [1.54, 1.807) is 11.3 Å². The Morgan fingerprint density at radius 2 is 1.67 bits per heavy atom. The molecular weight excluding hydrogens is 240 g/mol. The van der Waals surface area contributed by atoms with Gasteiger partial charge in [-0.1, -0.05) is 55.4 Å². The summed E-state index contributed by atoms with van der Waals surface area (Å²) in [5, 5.41) is 7.06. The Bertz CT molecular complexity index is 380. The first kappa shape index (κ1) is 15.6. The molecule has 0 bridgehead atoms. The summed E-state index contributed by atoms with van der Waals surface area (Å²) in [7, 11) is 0. The van der Waals surface area contributed by atoms with Crippen molar-refractivity contribution in [3.63, 3.8) is 0 Å². The summed E-state index contributed by atoms with van der Waals surface area (Å²) < 4.78 is 0. The minimum atomic E-state index is 0.134. The van der Waals surface area contributed by atoms with E-state index in [1.165, 1.54) is 10.7 Å². The number of thiazole rings is 1. The van der Waals surface area contributed by atoms with Gasteiger partial charge in [0.25, 0.3) is 0 Å². The van der Waals surface area contributed by atoms with Crippen LogP contribution >= 0.6 is 11.3 Å². The van der Waals surface area contributed by atoms with Gasteiger partial charge in [-0.2, -0.15) is 0 Å². The lowest BCUT2D eigenvalue weighted by atomic mass is 9.86. The first-order chi connectivity index (χ1) is 8.01. The fourth-order valence-corrected chi connectivity index (χ4v) is 3.14. The molecule has 0 fully saturated rings. The summed E-state index contributed by atoms with van der Waals surface area (Å²) in [6.45, 7) is 17.8. The van der Waals surface area contributed by atoms with Crippen molar-refractivity contribution in [3.05, 3.63) is 16.1 Å². The molecule has 1 N–H and O–H groups in total. The third kappa shape index (κ3) is 4.06. The second kappa shape index (κ2) is 5.30. The summed E-state index contributed by atoms with van der Waals surface area (Å²) in [6.07, 6.45) is 0. The number of hydrogen-bond acceptors (Lipinski definition) is 3. The maximum atomic E-state index is 4.86. The fraction of sp³-hybridized carbons (Fsp3) is 0.800. The highest BCUT2D eigenvalue weighted by atomic mass is 32.1. The SMILES string of the molecule is CC(C)NC(c1nc(C(C)(C)C)cs1)C(C)(C)C. The summed E-state index contributed by atoms with van der Waals surface area (Å²) in [6, 6.07) is 0.787. The zero-order valence-electron chi connectivity index (χ0n) is 13.1. The Kier molecular flexibility index (Phi) is 4.60. The molecule has 0 spiro atoms. The largest absolute Gasteiger partial charge is 0.305 e. The average Bonchev–Trinajstić information content (AvgIpc) is 2.59. The lowest BCUT2D eigenvalue weighted by Gasteiger charge is -2.31. The molecule has 0 aliphatic rings. The van der Waals surface area contributed by atoms with Gasteiger partial charge in [0.15, 0.2) is 0 Å². The normalized spacial score (nSPS) is 15.2. The molecule has 0 aliphatic heterocycles. The van der Waals surface area contributed by atoms with Crippen molar-refractivity contribution in [1.82, 2.24) is 10.3 Å². The predicted octanol–water partition coefficient (Wildman–Crippen LogP) is 4.53. The summed E-state index contributed by atoms with van der Waals surface area (Å²) in [5.41, 5.74) is 1.51. The molecule has 0 saturated carbocycles. The molecule has 1 heterocycles. The second-order valence-corrected chi connectivity index (χ2v) is 8.33. The molecule has 1 aromatic rings. The summed E-state index contributed by atoms with van der Waals surface area (Å²) in [5.74, 6) is 0. The number of rotatable bonds is 3. The highest BCUT2D eigenvalue weighted by Gasteiger charge is 2.30. The molecule has 0 radical (unpaired) electrons. The fourth-order valence-electron chi connectivity index (χ4n) is 1.79. The van der Waals surface area contributed by atoms with Crippen LogP contribution in [0.15, 0.2) is 5.38 Å². The first-order valence-electron chi connectivity index (χ1n) is 6.74. The Labute approximate surface area is 116 Å². The van der Waals surface area contributed by atoms with Crippen LogP contribution in [0, 0.1) is 5.41 Å². The van der Waals surface area contributed by atoms with Crippen LogP contribution in [0.4, 0.5) is 0 Å². The van der Waals surface area contributed by atoms with Gasteiger partial charge < -0.3 is 5.32 Å². The van der Waals surface area contributed by atoms with Crippen molar-refractivity contribution in [2.24, 2.45) is 5.41 Å². The van der Waals surface area contributed by atoms with Crippen LogP contribution in [-0.2, 0) is 5.41 Å². The maximum absolute atomic E-state index is 4.86. The molecule has 1 aromatic heterocycles. The van der Waals surface area contributed by atoms with E-state index in [1.807, 2.05) is 0 Å². The molecule has 2 nitrogen and oxygen atoms in total. The molecular formula is C15H28N2S. The topological polar surface area (TPSA) is 24.9 Å². The Morgan fingerprint density at radius 3 is 2.00 bits per heavy atom. The zero-order chi connectivity index (χ0) is 14.1. The monoisotopic (exact) mass is 268 g/mol. The van der Waals surface area contributed by atoms with E-state index in [2.05, 4.69) is 66.1 Å². The smallest absolute Gasteiger partial charge is 0.110 e. The molecule has 0 saturated heterocycles. The van der Waals surface area contributed by atoms with E-state index >= 15 is 0 Å². The van der Waals surface area contributed by atoms with Crippen molar-refractivity contribution in [3.8, 4) is 0 Å². The zero-order valence-corrected chi connectivity index (χ0v) is 13.9. The van der Waals surface area contributed by atoms with Crippen molar-refractivity contribution >= 4 is 11.3 Å². The maximum Gasteiger partial charge on any atom is 0.110 e. The van der Waals surface area contributed by atoms with Crippen LogP contribution in [0.25, 0.3) is 0 Å². The van der Waals surface area contributed by atoms with Crippen LogP contribution < -0.4 is 5.32 Å². The molecule has 3 heteroatoms. The van der Waals surface area contributed by atoms with E-state index in [9.17, 15) is 0 Å². The summed E-state index contributed by atoms with van der Waals surface area (Å²) >= 11 is 1.78. The molecule has 0 aromatic carbocycles. The van der Waals surface area contributed by atoms with E-state index in [0.717, 1.165) is 0 Å². The third-order valence-electron chi connectivity index (χ3n) is 2.90. The molecule has 0 aliphatic carbocycles. The predicted molar refractivity (Wildman–Crippen MR) is 81.3 cm³/mol. The van der Waals surface area contributed by atoms with Gasteiger partial charge in [0.1, 0.15) is 5.01 Å². The Balaban J connectivity index is 3.04. The van der Waals surface area contributed by atoms with Crippen LogP contribution in [0.3, 0.4) is 0 Å². The average molecular weight is 268 g/mol. The minimum absolute atomic E-state index is 0.134. The molecule has 0 amide bonds. The van der Waals surface area contributed by atoms with E-state index < -0.39 is 0 Å². The minimum Gasteiger partial charge on any atom is -0.305 e. The van der Waals surface area contributed by atoms with Gasteiger partial charge >= 0.3 is 0 Å². The van der Waals surface area contributed by atoms with Crippen molar-refractivity contribution in [1.29, 1.82) is 0 Å². The van der Waals surface area contributed by atoms with E-state index in [4.69, 9.17) is 4.98 Å². The highest BCUT2D eigenvalue weighted by Crippen LogP contribution is 2.36. The molecule has 104 valence electrons. The molecule has 1 unspecified atom stereocenters. The quantitative estimate of drug-likeness (QED) is 0.871. The third-order valence-corrected chi connectivity index (χ3v) is 3.81. The van der Waals surface area contributed by atoms with E-state index in [0.29, 0.717) is 12.1 Å². The van der Waals surface area contributed by atoms with Crippen LogP contribution in [0.5, 0.6) is 0 Å². The van der Waals surface area contributed by atoms with Gasteiger partial charge in [-0.3, -0.25) is 0 Å². The van der Waals surface area contributed by atoms with Crippen LogP contribution in [-0.4, -0.2) is 11.0 Å². The first-order valence-corrected chi connectivity index (χ1v) is 7.61. The number of nitrogens with one attached hydrogen (secondary N) is 1. The molecule has 18 heavy (non-hydrogen) atoms. The van der Waals surface area contributed by atoms with Gasteiger partial charge in [-0.25, -0.2) is 4.98 Å². The van der Waals surface area contributed by atoms with Crippen LogP contribution in [0.1, 0.15) is 72.1 Å². The number of aromatic nitrogens is 1. The Morgan fingerprint density at radius 1 is 1.11 bits per heavy atom. The van der Waals surface area contributed by atoms with E-state index in [-0.39, 0.29) is 10.8 Å². The van der Waals surface area contributed by atoms with Crippen molar-refractivity contribution < 1.29 is 0 Å². The lowest BCUT2D eigenvalue weighted by molar-refractivity contribution is 0.256. The van der Waals surface area contributed by atoms with Crippen molar-refractivity contribution in [2.75, 3.05) is 0 Å². The van der Waals surface area contributed by atoms with Gasteiger partial charge in [-0.15, -0.1) is 11.3 Å².